The van der Waals surface area contributed by atoms with Crippen LogP contribution in [0.15, 0.2) is 52.2 Å². The van der Waals surface area contributed by atoms with Crippen LogP contribution in [0.5, 0.6) is 0 Å². The fourth-order valence-electron chi connectivity index (χ4n) is 2.89. The molecule has 2 heterocycles. The summed E-state index contributed by atoms with van der Waals surface area (Å²) in [6, 6.07) is 8.44. The second-order valence-electron chi connectivity index (χ2n) is 6.25. The molecule has 2 aromatic carbocycles. The van der Waals surface area contributed by atoms with E-state index in [2.05, 4.69) is 10.3 Å². The lowest BCUT2D eigenvalue weighted by Crippen LogP contribution is -2.20. The SMILES string of the molecule is O=C1CCc2cc(C(=O)CSc3ncc(-c4ccc(F)cc4)o3)c(F)cc2N1. The number of oxazole rings is 1. The predicted molar refractivity (Wildman–Crippen MR) is 100 cm³/mol. The molecule has 0 saturated carbocycles. The molecule has 0 bridgehead atoms. The highest BCUT2D eigenvalue weighted by Crippen LogP contribution is 2.29. The quantitative estimate of drug-likeness (QED) is 0.505. The Morgan fingerprint density at radius 3 is 2.75 bits per heavy atom. The zero-order valence-electron chi connectivity index (χ0n) is 14.5. The largest absolute Gasteiger partial charge is 0.431 e. The van der Waals surface area contributed by atoms with Crippen LogP contribution in [0.2, 0.25) is 0 Å². The molecule has 1 aromatic heterocycles. The van der Waals surface area contributed by atoms with Gasteiger partial charge in [0, 0.05) is 17.7 Å². The van der Waals surface area contributed by atoms with Gasteiger partial charge in [-0.05, 0) is 48.4 Å². The summed E-state index contributed by atoms with van der Waals surface area (Å²) in [7, 11) is 0. The third-order valence-electron chi connectivity index (χ3n) is 4.33. The number of carbonyl (C=O) groups excluding carboxylic acids is 2. The molecule has 1 amide bonds. The number of Topliss-reactive ketones (excluding diaryl/α,β-unsaturated/α-hetero) is 1. The van der Waals surface area contributed by atoms with Gasteiger partial charge in [-0.1, -0.05) is 11.8 Å². The first-order valence-electron chi connectivity index (χ1n) is 8.49. The van der Waals surface area contributed by atoms with Gasteiger partial charge >= 0.3 is 0 Å². The number of amides is 1. The highest BCUT2D eigenvalue weighted by molar-refractivity contribution is 7.99. The molecular weight excluding hydrogens is 386 g/mol. The lowest BCUT2D eigenvalue weighted by Gasteiger charge is -2.17. The van der Waals surface area contributed by atoms with Crippen molar-refractivity contribution in [1.82, 2.24) is 4.98 Å². The van der Waals surface area contributed by atoms with Crippen LogP contribution >= 0.6 is 11.8 Å². The Hall–Kier alpha value is -3.00. The van der Waals surface area contributed by atoms with Gasteiger partial charge in [0.25, 0.3) is 5.22 Å². The van der Waals surface area contributed by atoms with Crippen molar-refractivity contribution in [2.24, 2.45) is 0 Å². The van der Waals surface area contributed by atoms with Crippen LogP contribution < -0.4 is 5.32 Å². The van der Waals surface area contributed by atoms with E-state index in [9.17, 15) is 18.4 Å². The van der Waals surface area contributed by atoms with Crippen LogP contribution in [0.3, 0.4) is 0 Å². The van der Waals surface area contributed by atoms with Crippen molar-refractivity contribution in [2.45, 2.75) is 18.1 Å². The number of carbonyl (C=O) groups is 2. The number of nitrogens with one attached hydrogen (secondary N) is 1. The summed E-state index contributed by atoms with van der Waals surface area (Å²) in [5.41, 5.74) is 1.79. The lowest BCUT2D eigenvalue weighted by atomic mass is 9.98. The highest BCUT2D eigenvalue weighted by atomic mass is 32.2. The van der Waals surface area contributed by atoms with Crippen molar-refractivity contribution in [3.8, 4) is 11.3 Å². The molecule has 0 spiro atoms. The minimum atomic E-state index is -0.675. The first-order valence-corrected chi connectivity index (χ1v) is 9.48. The Bertz CT molecular complexity index is 1060. The van der Waals surface area contributed by atoms with Gasteiger partial charge in [-0.2, -0.15) is 0 Å². The van der Waals surface area contributed by atoms with Crippen molar-refractivity contribution < 1.29 is 22.8 Å². The number of hydrogen-bond donors (Lipinski definition) is 1. The summed E-state index contributed by atoms with van der Waals surface area (Å²) in [5.74, 6) is -1.19. The van der Waals surface area contributed by atoms with E-state index >= 15 is 0 Å². The van der Waals surface area contributed by atoms with Gasteiger partial charge in [-0.15, -0.1) is 0 Å². The molecule has 0 fully saturated rings. The topological polar surface area (TPSA) is 72.2 Å². The van der Waals surface area contributed by atoms with E-state index in [0.29, 0.717) is 29.9 Å². The molecule has 4 rings (SSSR count). The normalized spacial score (nSPS) is 13.1. The molecule has 0 aliphatic carbocycles. The van der Waals surface area contributed by atoms with Gasteiger partial charge in [0.1, 0.15) is 11.6 Å². The number of aromatic nitrogens is 1. The number of ketones is 1. The maximum Gasteiger partial charge on any atom is 0.256 e. The standard InChI is InChI=1S/C20H14F2N2O3S/c21-13-4-1-11(2-5-13)18-9-23-20(27-18)28-10-17(25)14-7-12-3-6-19(26)24-16(12)8-15(14)22/h1-2,4-5,7-9H,3,6,10H2,(H,24,26). The van der Waals surface area contributed by atoms with Crippen molar-refractivity contribution in [3.05, 3.63) is 65.4 Å². The summed E-state index contributed by atoms with van der Waals surface area (Å²) in [6.45, 7) is 0. The van der Waals surface area contributed by atoms with E-state index in [1.807, 2.05) is 0 Å². The number of aryl methyl sites for hydroxylation is 1. The molecule has 8 heteroatoms. The van der Waals surface area contributed by atoms with E-state index in [1.54, 1.807) is 12.1 Å². The Balaban J connectivity index is 1.45. The maximum absolute atomic E-state index is 14.3. The van der Waals surface area contributed by atoms with Crippen LogP contribution in [-0.4, -0.2) is 22.4 Å². The zero-order valence-corrected chi connectivity index (χ0v) is 15.3. The van der Waals surface area contributed by atoms with Crippen LogP contribution in [0.1, 0.15) is 22.3 Å². The number of rotatable bonds is 5. The molecule has 0 saturated heterocycles. The van der Waals surface area contributed by atoms with Crippen LogP contribution in [-0.2, 0) is 11.2 Å². The number of fused-ring (bicyclic) bond motifs is 1. The van der Waals surface area contributed by atoms with Gasteiger partial charge in [-0.25, -0.2) is 13.8 Å². The summed E-state index contributed by atoms with van der Waals surface area (Å²) < 4.78 is 32.8. The Morgan fingerprint density at radius 2 is 1.96 bits per heavy atom. The lowest BCUT2D eigenvalue weighted by molar-refractivity contribution is -0.116. The minimum absolute atomic E-state index is 0.0206. The third kappa shape index (κ3) is 3.82. The summed E-state index contributed by atoms with van der Waals surface area (Å²) in [5, 5.41) is 2.86. The minimum Gasteiger partial charge on any atom is -0.431 e. The third-order valence-corrected chi connectivity index (χ3v) is 5.17. The van der Waals surface area contributed by atoms with E-state index < -0.39 is 11.6 Å². The van der Waals surface area contributed by atoms with E-state index in [1.165, 1.54) is 30.5 Å². The Labute approximate surface area is 163 Å². The molecule has 0 radical (unpaired) electrons. The molecule has 1 aliphatic heterocycles. The zero-order chi connectivity index (χ0) is 19.7. The van der Waals surface area contributed by atoms with Gasteiger partial charge in [0.2, 0.25) is 5.91 Å². The van der Waals surface area contributed by atoms with Crippen LogP contribution in [0.4, 0.5) is 14.5 Å². The Morgan fingerprint density at radius 1 is 1.18 bits per heavy atom. The maximum atomic E-state index is 14.3. The molecule has 28 heavy (non-hydrogen) atoms. The monoisotopic (exact) mass is 400 g/mol. The first-order chi connectivity index (χ1) is 13.5. The molecule has 3 aromatic rings. The first kappa shape index (κ1) is 18.4. The fraction of sp³-hybridized carbons (Fsp3) is 0.150. The average Bonchev–Trinajstić information content (AvgIpc) is 3.15. The molecule has 5 nitrogen and oxygen atoms in total. The number of thioether (sulfide) groups is 1. The average molecular weight is 400 g/mol. The number of halogens is 2. The van der Waals surface area contributed by atoms with Gasteiger partial charge in [0.05, 0.1) is 17.5 Å². The molecule has 1 aliphatic rings. The molecule has 0 atom stereocenters. The van der Waals surface area contributed by atoms with Crippen LogP contribution in [0.25, 0.3) is 11.3 Å². The van der Waals surface area contributed by atoms with Crippen LogP contribution in [0, 0.1) is 11.6 Å². The van der Waals surface area contributed by atoms with E-state index in [-0.39, 0.29) is 28.3 Å². The molecular formula is C20H14F2N2O3S. The van der Waals surface area contributed by atoms with E-state index in [4.69, 9.17) is 4.42 Å². The smallest absolute Gasteiger partial charge is 0.256 e. The van der Waals surface area contributed by atoms with Gasteiger partial charge < -0.3 is 9.73 Å². The Kier molecular flexibility index (Phi) is 4.95. The highest BCUT2D eigenvalue weighted by Gasteiger charge is 2.21. The second-order valence-corrected chi connectivity index (χ2v) is 7.17. The number of benzene rings is 2. The summed E-state index contributed by atoms with van der Waals surface area (Å²) in [6.07, 6.45) is 2.27. The molecule has 0 unspecified atom stereocenters. The number of anilines is 1. The summed E-state index contributed by atoms with van der Waals surface area (Å²) in [4.78, 5) is 27.9. The van der Waals surface area contributed by atoms with Crippen molar-refractivity contribution in [2.75, 3.05) is 11.1 Å². The van der Waals surface area contributed by atoms with Crippen molar-refractivity contribution in [3.63, 3.8) is 0 Å². The van der Waals surface area contributed by atoms with Crippen molar-refractivity contribution >= 4 is 29.1 Å². The van der Waals surface area contributed by atoms with Gasteiger partial charge in [0.15, 0.2) is 11.5 Å². The van der Waals surface area contributed by atoms with Gasteiger partial charge in [-0.3, -0.25) is 9.59 Å². The van der Waals surface area contributed by atoms with Crippen molar-refractivity contribution in [1.29, 1.82) is 0 Å². The number of nitrogens with zero attached hydrogens (tertiary/aromatic N) is 1. The molecule has 142 valence electrons. The second kappa shape index (κ2) is 7.55. The molecule has 1 N–H and O–H groups in total. The predicted octanol–water partition coefficient (Wildman–Crippen LogP) is 4.48. The fourth-order valence-corrected chi connectivity index (χ4v) is 3.58. The van der Waals surface area contributed by atoms with E-state index in [0.717, 1.165) is 17.3 Å². The summed E-state index contributed by atoms with van der Waals surface area (Å²) >= 11 is 1.05. The number of hydrogen-bond acceptors (Lipinski definition) is 5.